The van der Waals surface area contributed by atoms with Crippen LogP contribution in [0.2, 0.25) is 0 Å². The van der Waals surface area contributed by atoms with Crippen LogP contribution in [0.3, 0.4) is 0 Å². The highest BCUT2D eigenvalue weighted by Crippen LogP contribution is 2.24. The molecule has 12 heteroatoms. The van der Waals surface area contributed by atoms with Gasteiger partial charge in [-0.3, -0.25) is 0 Å². The molecule has 1 fully saturated rings. The second-order valence-electron chi connectivity index (χ2n) is 8.68. The third-order valence-electron chi connectivity index (χ3n) is 6.29. The Balaban J connectivity index is 1.60. The largest absolute Gasteiger partial charge is 0.497 e. The topological polar surface area (TPSA) is 118 Å². The third-order valence-corrected chi connectivity index (χ3v) is 6.29. The Morgan fingerprint density at radius 3 is 1.97 bits per heavy atom. The molecule has 4 aromatic rings. The molecule has 0 bridgehead atoms. The smallest absolute Gasteiger partial charge is 0.493 e. The summed E-state index contributed by atoms with van der Waals surface area (Å²) in [5.41, 5.74) is 2.65. The zero-order chi connectivity index (χ0) is 25.8. The first-order valence-corrected chi connectivity index (χ1v) is 12.0. The van der Waals surface area contributed by atoms with Gasteiger partial charge in [-0.25, -0.2) is 0 Å². The number of aromatic nitrogens is 4. The number of hydrogen-bond acceptors (Lipinski definition) is 10. The number of hydrogen-bond donors (Lipinski definition) is 2. The summed E-state index contributed by atoms with van der Waals surface area (Å²) in [7, 11) is 1.57. The Kier molecular flexibility index (Phi) is 7.40. The second kappa shape index (κ2) is 11.0. The number of nitrogens with zero attached hydrogens (tertiary/aromatic N) is 6. The Bertz CT molecular complexity index is 1280. The Morgan fingerprint density at radius 2 is 1.46 bits per heavy atom. The molecule has 2 N–H and O–H groups in total. The molecule has 2 aromatic carbocycles. The van der Waals surface area contributed by atoms with Crippen molar-refractivity contribution < 1.29 is 24.3 Å². The SMILES string of the molecule is COc1ccc(CN(Cc2ccc(OC)cc2)c2nc(N3CCOCC3)nc3c(B(O)O)cnn23)cc1. The minimum atomic E-state index is -1.71. The molecule has 1 saturated heterocycles. The fourth-order valence-corrected chi connectivity index (χ4v) is 4.26. The van der Waals surface area contributed by atoms with Crippen molar-refractivity contribution in [2.75, 3.05) is 50.3 Å². The predicted molar refractivity (Wildman–Crippen MR) is 140 cm³/mol. The minimum absolute atomic E-state index is 0.215. The van der Waals surface area contributed by atoms with Crippen molar-refractivity contribution in [2.45, 2.75) is 13.1 Å². The third kappa shape index (κ3) is 5.46. The number of ether oxygens (including phenoxy) is 3. The number of methoxy groups -OCH3 is 2. The lowest BCUT2D eigenvalue weighted by Crippen LogP contribution is -2.38. The average Bonchev–Trinajstić information content (AvgIpc) is 3.38. The van der Waals surface area contributed by atoms with Crippen LogP contribution in [-0.4, -0.2) is 77.3 Å². The van der Waals surface area contributed by atoms with Crippen LogP contribution in [0.25, 0.3) is 5.65 Å². The van der Waals surface area contributed by atoms with Gasteiger partial charge in [-0.2, -0.15) is 19.6 Å². The quantitative estimate of drug-likeness (QED) is 0.318. The number of benzene rings is 2. The van der Waals surface area contributed by atoms with E-state index in [0.717, 1.165) is 22.6 Å². The Morgan fingerprint density at radius 1 is 0.892 bits per heavy atom. The van der Waals surface area contributed by atoms with Crippen molar-refractivity contribution >= 4 is 30.1 Å². The van der Waals surface area contributed by atoms with E-state index in [1.807, 2.05) is 53.4 Å². The van der Waals surface area contributed by atoms with Crippen LogP contribution in [0.5, 0.6) is 11.5 Å². The number of anilines is 2. The van der Waals surface area contributed by atoms with Gasteiger partial charge < -0.3 is 34.1 Å². The maximum absolute atomic E-state index is 9.98. The summed E-state index contributed by atoms with van der Waals surface area (Å²) in [6.45, 7) is 3.44. The predicted octanol–water partition coefficient (Wildman–Crippen LogP) is 0.865. The van der Waals surface area contributed by atoms with Crippen molar-refractivity contribution in [1.82, 2.24) is 19.6 Å². The van der Waals surface area contributed by atoms with Crippen molar-refractivity contribution in [3.63, 3.8) is 0 Å². The first-order valence-electron chi connectivity index (χ1n) is 12.0. The van der Waals surface area contributed by atoms with E-state index in [4.69, 9.17) is 19.2 Å². The highest BCUT2D eigenvalue weighted by atomic mass is 16.5. The highest BCUT2D eigenvalue weighted by Gasteiger charge is 2.26. The van der Waals surface area contributed by atoms with Crippen LogP contribution in [0.15, 0.2) is 54.7 Å². The van der Waals surface area contributed by atoms with Gasteiger partial charge in [0.05, 0.1) is 33.6 Å². The Labute approximate surface area is 215 Å². The molecule has 1 aliphatic rings. The molecule has 0 unspecified atom stereocenters. The summed E-state index contributed by atoms with van der Waals surface area (Å²) in [5.74, 6) is 2.57. The molecule has 3 heterocycles. The monoisotopic (exact) mass is 504 g/mol. The van der Waals surface area contributed by atoms with E-state index in [1.54, 1.807) is 18.7 Å². The van der Waals surface area contributed by atoms with Gasteiger partial charge in [0.1, 0.15) is 11.5 Å². The molecule has 5 rings (SSSR count). The van der Waals surface area contributed by atoms with Gasteiger partial charge in [0.2, 0.25) is 11.9 Å². The molecule has 0 amide bonds. The van der Waals surface area contributed by atoms with Crippen LogP contribution in [0.1, 0.15) is 11.1 Å². The molecule has 0 radical (unpaired) electrons. The molecule has 37 heavy (non-hydrogen) atoms. The molecular weight excluding hydrogens is 475 g/mol. The standard InChI is InChI=1S/C25H29BN6O5/c1-35-20-7-3-18(4-8-20)16-31(17-19-5-9-21(36-2)10-6-19)25-29-24(30-11-13-37-14-12-30)28-23-22(26(33)34)15-27-32(23)25/h3-10,15,33-34H,11-14,16-17H2,1-2H3. The molecule has 1 aliphatic heterocycles. The number of morpholine rings is 1. The van der Waals surface area contributed by atoms with Crippen molar-refractivity contribution in [3.05, 3.63) is 65.9 Å². The van der Waals surface area contributed by atoms with E-state index in [-0.39, 0.29) is 5.46 Å². The van der Waals surface area contributed by atoms with Gasteiger partial charge in [-0.05, 0) is 35.4 Å². The van der Waals surface area contributed by atoms with Gasteiger partial charge in [0, 0.05) is 31.6 Å². The van der Waals surface area contributed by atoms with Crippen LogP contribution >= 0.6 is 0 Å². The maximum Gasteiger partial charge on any atom is 0.493 e. The van der Waals surface area contributed by atoms with E-state index in [0.29, 0.717) is 56.9 Å². The molecule has 0 saturated carbocycles. The highest BCUT2D eigenvalue weighted by molar-refractivity contribution is 6.60. The summed E-state index contributed by atoms with van der Waals surface area (Å²) < 4.78 is 17.7. The first-order chi connectivity index (χ1) is 18.1. The molecule has 11 nitrogen and oxygen atoms in total. The van der Waals surface area contributed by atoms with Gasteiger partial charge >= 0.3 is 7.12 Å². The lowest BCUT2D eigenvalue weighted by molar-refractivity contribution is 0.122. The molecular formula is C25H29BN6O5. The summed E-state index contributed by atoms with van der Waals surface area (Å²) in [6, 6.07) is 15.7. The van der Waals surface area contributed by atoms with Gasteiger partial charge in [-0.15, -0.1) is 0 Å². The second-order valence-corrected chi connectivity index (χ2v) is 8.68. The van der Waals surface area contributed by atoms with Crippen molar-refractivity contribution in [1.29, 1.82) is 0 Å². The lowest BCUT2D eigenvalue weighted by atomic mass is 9.82. The molecule has 0 aliphatic carbocycles. The van der Waals surface area contributed by atoms with Crippen LogP contribution in [0, 0.1) is 0 Å². The first kappa shape index (κ1) is 24.8. The minimum Gasteiger partial charge on any atom is -0.497 e. The number of rotatable bonds is 9. The van der Waals surface area contributed by atoms with E-state index >= 15 is 0 Å². The summed E-state index contributed by atoms with van der Waals surface area (Å²) in [6.07, 6.45) is 1.42. The van der Waals surface area contributed by atoms with Crippen LogP contribution in [0.4, 0.5) is 11.9 Å². The van der Waals surface area contributed by atoms with E-state index in [2.05, 4.69) is 15.0 Å². The van der Waals surface area contributed by atoms with E-state index in [9.17, 15) is 10.0 Å². The van der Waals surface area contributed by atoms with Crippen LogP contribution < -0.4 is 24.7 Å². The van der Waals surface area contributed by atoms with Crippen molar-refractivity contribution in [3.8, 4) is 11.5 Å². The fourth-order valence-electron chi connectivity index (χ4n) is 4.26. The summed E-state index contributed by atoms with van der Waals surface area (Å²) >= 11 is 0. The maximum atomic E-state index is 9.98. The molecule has 0 spiro atoms. The summed E-state index contributed by atoms with van der Waals surface area (Å²) in [4.78, 5) is 13.7. The normalized spacial score (nSPS) is 13.6. The summed E-state index contributed by atoms with van der Waals surface area (Å²) in [5, 5.41) is 24.4. The molecule has 0 atom stereocenters. The van der Waals surface area contributed by atoms with Crippen molar-refractivity contribution in [2.24, 2.45) is 0 Å². The number of fused-ring (bicyclic) bond motifs is 1. The molecule has 192 valence electrons. The van der Waals surface area contributed by atoms with Gasteiger partial charge in [0.25, 0.3) is 0 Å². The zero-order valence-corrected chi connectivity index (χ0v) is 20.8. The average molecular weight is 504 g/mol. The molecule has 2 aromatic heterocycles. The van der Waals surface area contributed by atoms with Crippen LogP contribution in [-0.2, 0) is 17.8 Å². The van der Waals surface area contributed by atoms with E-state index in [1.165, 1.54) is 6.20 Å². The Hall–Kier alpha value is -3.87. The van der Waals surface area contributed by atoms with Gasteiger partial charge in [0.15, 0.2) is 5.65 Å². The lowest BCUT2D eigenvalue weighted by Gasteiger charge is -2.29. The van der Waals surface area contributed by atoms with Gasteiger partial charge in [-0.1, -0.05) is 24.3 Å². The zero-order valence-electron chi connectivity index (χ0n) is 20.8. The fraction of sp³-hybridized carbons (Fsp3) is 0.320. The van der Waals surface area contributed by atoms with E-state index < -0.39 is 7.12 Å².